The second-order valence-corrected chi connectivity index (χ2v) is 7.62. The largest absolute Gasteiger partial charge is 0.369 e. The highest BCUT2D eigenvalue weighted by Crippen LogP contribution is 2.34. The van der Waals surface area contributed by atoms with Gasteiger partial charge in [0.05, 0.1) is 0 Å². The Labute approximate surface area is 160 Å². The lowest BCUT2D eigenvalue weighted by Gasteiger charge is -2.29. The third-order valence-electron chi connectivity index (χ3n) is 6.11. The van der Waals surface area contributed by atoms with E-state index in [0.29, 0.717) is 0 Å². The van der Waals surface area contributed by atoms with Crippen molar-refractivity contribution < 1.29 is 0 Å². The van der Waals surface area contributed by atoms with Gasteiger partial charge in [0.15, 0.2) is 0 Å². The van der Waals surface area contributed by atoms with Gasteiger partial charge in [-0.05, 0) is 43.3 Å². The van der Waals surface area contributed by atoms with Gasteiger partial charge in [0, 0.05) is 92.1 Å². The first-order valence-electron chi connectivity index (χ1n) is 10.3. The molecular formula is C22H29N5. The summed E-state index contributed by atoms with van der Waals surface area (Å²) in [7, 11) is 0. The maximum absolute atomic E-state index is 3.45. The van der Waals surface area contributed by atoms with E-state index in [1.807, 2.05) is 0 Å². The van der Waals surface area contributed by atoms with Crippen molar-refractivity contribution in [1.29, 1.82) is 0 Å². The van der Waals surface area contributed by atoms with Crippen LogP contribution in [0.5, 0.6) is 0 Å². The topological polar surface area (TPSA) is 35.5 Å². The first-order valence-corrected chi connectivity index (χ1v) is 10.3. The Morgan fingerprint density at radius 2 is 1.15 bits per heavy atom. The van der Waals surface area contributed by atoms with Gasteiger partial charge in [-0.15, -0.1) is 0 Å². The number of hydrogen-bond donors (Lipinski definition) is 2. The van der Waals surface area contributed by atoms with E-state index >= 15 is 0 Å². The third-order valence-corrected chi connectivity index (χ3v) is 6.11. The number of benzene rings is 2. The van der Waals surface area contributed by atoms with Crippen molar-refractivity contribution in [3.05, 3.63) is 36.4 Å². The molecule has 0 saturated carbocycles. The summed E-state index contributed by atoms with van der Waals surface area (Å²) in [5.74, 6) is 0. The summed E-state index contributed by atoms with van der Waals surface area (Å²) in [4.78, 5) is 5.01. The molecule has 3 heterocycles. The number of nitrogens with one attached hydrogen (secondary N) is 2. The molecule has 27 heavy (non-hydrogen) atoms. The molecule has 0 radical (unpaired) electrons. The molecule has 3 aromatic rings. The van der Waals surface area contributed by atoms with Crippen molar-refractivity contribution >= 4 is 33.2 Å². The summed E-state index contributed by atoms with van der Waals surface area (Å²) in [6.07, 6.45) is 0. The van der Waals surface area contributed by atoms with Crippen LogP contribution >= 0.6 is 0 Å². The minimum absolute atomic E-state index is 1.000. The van der Waals surface area contributed by atoms with Gasteiger partial charge in [0.25, 0.3) is 0 Å². The van der Waals surface area contributed by atoms with Crippen molar-refractivity contribution in [2.45, 2.75) is 13.5 Å². The van der Waals surface area contributed by atoms with Crippen LogP contribution in [0.3, 0.4) is 0 Å². The Bertz CT molecular complexity index is 873. The van der Waals surface area contributed by atoms with Crippen LogP contribution in [0.4, 0.5) is 11.4 Å². The van der Waals surface area contributed by atoms with Crippen LogP contribution in [-0.4, -0.2) is 56.9 Å². The zero-order valence-corrected chi connectivity index (χ0v) is 16.2. The molecule has 5 rings (SSSR count). The lowest BCUT2D eigenvalue weighted by atomic mass is 10.1. The first-order chi connectivity index (χ1) is 13.3. The maximum atomic E-state index is 3.45. The number of aryl methyl sites for hydroxylation is 1. The molecule has 0 spiro atoms. The van der Waals surface area contributed by atoms with Crippen molar-refractivity contribution in [2.75, 3.05) is 62.2 Å². The molecule has 2 saturated heterocycles. The van der Waals surface area contributed by atoms with Gasteiger partial charge in [0.2, 0.25) is 0 Å². The second kappa shape index (κ2) is 7.06. The average Bonchev–Trinajstić information content (AvgIpc) is 3.07. The van der Waals surface area contributed by atoms with E-state index in [-0.39, 0.29) is 0 Å². The highest BCUT2D eigenvalue weighted by Gasteiger charge is 2.17. The molecule has 0 unspecified atom stereocenters. The number of nitrogens with zero attached hydrogens (tertiary/aromatic N) is 3. The van der Waals surface area contributed by atoms with E-state index in [9.17, 15) is 0 Å². The highest BCUT2D eigenvalue weighted by molar-refractivity contribution is 6.10. The predicted molar refractivity (Wildman–Crippen MR) is 115 cm³/mol. The van der Waals surface area contributed by atoms with Gasteiger partial charge in [-0.3, -0.25) is 0 Å². The first kappa shape index (κ1) is 16.9. The van der Waals surface area contributed by atoms with Crippen LogP contribution in [0, 0.1) is 0 Å². The minimum Gasteiger partial charge on any atom is -0.369 e. The molecule has 0 bridgehead atoms. The van der Waals surface area contributed by atoms with Gasteiger partial charge in [-0.25, -0.2) is 0 Å². The second-order valence-electron chi connectivity index (χ2n) is 7.62. The molecule has 142 valence electrons. The van der Waals surface area contributed by atoms with Crippen LogP contribution in [0.15, 0.2) is 36.4 Å². The fraction of sp³-hybridized carbons (Fsp3) is 0.455. The fourth-order valence-corrected chi connectivity index (χ4v) is 4.66. The Morgan fingerprint density at radius 1 is 0.704 bits per heavy atom. The molecule has 0 atom stereocenters. The van der Waals surface area contributed by atoms with Gasteiger partial charge >= 0.3 is 0 Å². The van der Waals surface area contributed by atoms with Crippen molar-refractivity contribution in [1.82, 2.24) is 15.2 Å². The smallest absolute Gasteiger partial charge is 0.0492 e. The van der Waals surface area contributed by atoms with Gasteiger partial charge in [-0.2, -0.15) is 0 Å². The SMILES string of the molecule is CCn1c2ccc(N3CCNCC3)cc2c2cc(N3CCNCC3)ccc21. The van der Waals surface area contributed by atoms with E-state index in [0.717, 1.165) is 58.9 Å². The molecular weight excluding hydrogens is 334 g/mol. The van der Waals surface area contributed by atoms with Crippen LogP contribution in [-0.2, 0) is 6.54 Å². The number of aromatic nitrogens is 1. The molecule has 0 aliphatic carbocycles. The monoisotopic (exact) mass is 363 g/mol. The number of fused-ring (bicyclic) bond motifs is 3. The lowest BCUT2D eigenvalue weighted by Crippen LogP contribution is -2.43. The summed E-state index contributed by atoms with van der Waals surface area (Å²) in [5.41, 5.74) is 5.41. The van der Waals surface area contributed by atoms with Crippen LogP contribution in [0.1, 0.15) is 6.92 Å². The lowest BCUT2D eigenvalue weighted by molar-refractivity contribution is 0.589. The minimum atomic E-state index is 1.000. The van der Waals surface area contributed by atoms with Gasteiger partial charge < -0.3 is 25.0 Å². The zero-order valence-electron chi connectivity index (χ0n) is 16.2. The van der Waals surface area contributed by atoms with E-state index < -0.39 is 0 Å². The zero-order chi connectivity index (χ0) is 18.2. The number of anilines is 2. The Balaban J connectivity index is 1.64. The van der Waals surface area contributed by atoms with Crippen molar-refractivity contribution in [2.24, 2.45) is 0 Å². The van der Waals surface area contributed by atoms with E-state index in [1.54, 1.807) is 0 Å². The molecule has 5 heteroatoms. The third kappa shape index (κ3) is 2.95. The van der Waals surface area contributed by atoms with Crippen molar-refractivity contribution in [3.8, 4) is 0 Å². The Kier molecular flexibility index (Phi) is 4.42. The maximum Gasteiger partial charge on any atom is 0.0492 e. The van der Waals surface area contributed by atoms with Crippen LogP contribution in [0.2, 0.25) is 0 Å². The predicted octanol–water partition coefficient (Wildman–Crippen LogP) is 2.63. The van der Waals surface area contributed by atoms with E-state index in [1.165, 1.54) is 33.2 Å². The van der Waals surface area contributed by atoms with Gasteiger partial charge in [-0.1, -0.05) is 0 Å². The quantitative estimate of drug-likeness (QED) is 0.750. The molecule has 5 nitrogen and oxygen atoms in total. The summed E-state index contributed by atoms with van der Waals surface area (Å²) < 4.78 is 2.45. The molecule has 2 aliphatic heterocycles. The Morgan fingerprint density at radius 3 is 1.56 bits per heavy atom. The molecule has 2 aromatic carbocycles. The molecule has 1 aromatic heterocycles. The van der Waals surface area contributed by atoms with Crippen LogP contribution < -0.4 is 20.4 Å². The summed E-state index contributed by atoms with van der Waals surface area (Å²) in [6, 6.07) is 14.1. The molecule has 2 N–H and O–H groups in total. The molecule has 2 aliphatic rings. The number of hydrogen-bond acceptors (Lipinski definition) is 4. The summed E-state index contributed by atoms with van der Waals surface area (Å²) in [6.45, 7) is 11.9. The normalized spacial score (nSPS) is 18.6. The number of piperazine rings is 2. The summed E-state index contributed by atoms with van der Waals surface area (Å²) >= 11 is 0. The standard InChI is InChI=1S/C22H29N5/c1-2-27-21-5-3-17(25-11-7-23-8-12-25)15-19(21)20-16-18(4-6-22(20)27)26-13-9-24-10-14-26/h3-6,15-16,23-24H,2,7-14H2,1H3. The number of rotatable bonds is 3. The van der Waals surface area contributed by atoms with E-state index in [4.69, 9.17) is 0 Å². The molecule has 0 amide bonds. The average molecular weight is 364 g/mol. The highest BCUT2D eigenvalue weighted by atomic mass is 15.2. The Hall–Kier alpha value is -2.24. The van der Waals surface area contributed by atoms with Gasteiger partial charge in [0.1, 0.15) is 0 Å². The van der Waals surface area contributed by atoms with Crippen LogP contribution in [0.25, 0.3) is 21.8 Å². The van der Waals surface area contributed by atoms with Crippen molar-refractivity contribution in [3.63, 3.8) is 0 Å². The van der Waals surface area contributed by atoms with E-state index in [2.05, 4.69) is 68.3 Å². The molecule has 2 fully saturated rings. The summed E-state index contributed by atoms with van der Waals surface area (Å²) in [5, 5.41) is 9.68. The fourth-order valence-electron chi connectivity index (χ4n) is 4.66.